The first-order valence-electron chi connectivity index (χ1n) is 9.72. The van der Waals surface area contributed by atoms with Gasteiger partial charge in [-0.05, 0) is 74.0 Å². The number of carbonyl (C=O) groups excluding carboxylic acids is 3. The number of hydrogen-bond acceptors (Lipinski definition) is 4. The summed E-state index contributed by atoms with van der Waals surface area (Å²) in [4.78, 5) is 39.6. The van der Waals surface area contributed by atoms with Crippen molar-refractivity contribution in [1.82, 2.24) is 0 Å². The van der Waals surface area contributed by atoms with E-state index >= 15 is 0 Å². The van der Waals surface area contributed by atoms with Crippen molar-refractivity contribution in [3.8, 4) is 5.75 Å². The van der Waals surface area contributed by atoms with Crippen molar-refractivity contribution in [3.05, 3.63) is 87.9 Å². The lowest BCUT2D eigenvalue weighted by molar-refractivity contribution is 0.0925. The molecule has 1 aliphatic heterocycles. The van der Waals surface area contributed by atoms with E-state index < -0.39 is 17.7 Å². The number of nitrogens with one attached hydrogen (secondary N) is 1. The van der Waals surface area contributed by atoms with Crippen LogP contribution in [-0.2, 0) is 0 Å². The van der Waals surface area contributed by atoms with Gasteiger partial charge in [-0.15, -0.1) is 0 Å². The fourth-order valence-corrected chi connectivity index (χ4v) is 3.57. The molecule has 31 heavy (non-hydrogen) atoms. The lowest BCUT2D eigenvalue weighted by Gasteiger charge is -2.14. The van der Waals surface area contributed by atoms with Gasteiger partial charge in [0.25, 0.3) is 17.7 Å². The SMILES string of the molecule is CCOc1ccc(N2C(=O)c3ccc(C(=O)Nc4cc(Cl)ccc4C)cc3C2=O)cc1. The van der Waals surface area contributed by atoms with E-state index in [0.29, 0.717) is 28.8 Å². The first-order chi connectivity index (χ1) is 14.9. The zero-order valence-electron chi connectivity index (χ0n) is 16.9. The lowest BCUT2D eigenvalue weighted by Crippen LogP contribution is -2.29. The molecule has 0 fully saturated rings. The normalized spacial score (nSPS) is 12.7. The van der Waals surface area contributed by atoms with Gasteiger partial charge in [-0.2, -0.15) is 0 Å². The van der Waals surface area contributed by atoms with Crippen LogP contribution in [0.25, 0.3) is 0 Å². The van der Waals surface area contributed by atoms with E-state index in [4.69, 9.17) is 16.3 Å². The van der Waals surface area contributed by atoms with E-state index in [-0.39, 0.29) is 16.7 Å². The lowest BCUT2D eigenvalue weighted by atomic mass is 10.0. The van der Waals surface area contributed by atoms with E-state index in [2.05, 4.69) is 5.32 Å². The van der Waals surface area contributed by atoms with Crippen molar-refractivity contribution in [1.29, 1.82) is 0 Å². The number of aryl methyl sites for hydroxylation is 1. The number of carbonyl (C=O) groups is 3. The Morgan fingerprint density at radius 2 is 1.68 bits per heavy atom. The molecule has 0 aliphatic carbocycles. The molecular formula is C24H19ClN2O4. The molecule has 1 N–H and O–H groups in total. The van der Waals surface area contributed by atoms with Gasteiger partial charge in [-0.25, -0.2) is 4.90 Å². The molecule has 0 saturated carbocycles. The number of anilines is 2. The van der Waals surface area contributed by atoms with Crippen LogP contribution in [0.1, 0.15) is 43.6 Å². The van der Waals surface area contributed by atoms with E-state index in [1.807, 2.05) is 13.8 Å². The second-order valence-corrected chi connectivity index (χ2v) is 7.48. The van der Waals surface area contributed by atoms with E-state index in [0.717, 1.165) is 10.5 Å². The maximum atomic E-state index is 13.0. The van der Waals surface area contributed by atoms with Crippen molar-refractivity contribution >= 4 is 40.7 Å². The summed E-state index contributed by atoms with van der Waals surface area (Å²) in [5.41, 5.74) is 2.59. The number of imide groups is 1. The molecule has 1 aliphatic rings. The van der Waals surface area contributed by atoms with Crippen LogP contribution in [0, 0.1) is 6.92 Å². The molecule has 3 aromatic rings. The molecular weight excluding hydrogens is 416 g/mol. The summed E-state index contributed by atoms with van der Waals surface area (Å²) in [6.07, 6.45) is 0. The molecule has 0 saturated heterocycles. The zero-order valence-corrected chi connectivity index (χ0v) is 17.7. The Kier molecular flexibility index (Phi) is 5.48. The van der Waals surface area contributed by atoms with Crippen LogP contribution >= 0.6 is 11.6 Å². The summed E-state index contributed by atoms with van der Waals surface area (Å²) in [7, 11) is 0. The van der Waals surface area contributed by atoms with Gasteiger partial charge in [-0.1, -0.05) is 17.7 Å². The summed E-state index contributed by atoms with van der Waals surface area (Å²) < 4.78 is 5.40. The van der Waals surface area contributed by atoms with Gasteiger partial charge in [0.2, 0.25) is 0 Å². The van der Waals surface area contributed by atoms with Crippen LogP contribution in [0.15, 0.2) is 60.7 Å². The number of amides is 3. The molecule has 6 nitrogen and oxygen atoms in total. The molecule has 3 aromatic carbocycles. The Hall–Kier alpha value is -3.64. The highest BCUT2D eigenvalue weighted by atomic mass is 35.5. The molecule has 0 unspecified atom stereocenters. The van der Waals surface area contributed by atoms with Crippen LogP contribution in [0.2, 0.25) is 5.02 Å². The first kappa shape index (κ1) is 20.6. The van der Waals surface area contributed by atoms with Crippen molar-refractivity contribution in [2.24, 2.45) is 0 Å². The number of ether oxygens (including phenoxy) is 1. The Labute approximate surface area is 184 Å². The minimum absolute atomic E-state index is 0.189. The monoisotopic (exact) mass is 434 g/mol. The number of benzene rings is 3. The third-order valence-corrected chi connectivity index (χ3v) is 5.24. The highest BCUT2D eigenvalue weighted by Gasteiger charge is 2.37. The summed E-state index contributed by atoms with van der Waals surface area (Å²) >= 11 is 6.01. The molecule has 1 heterocycles. The van der Waals surface area contributed by atoms with Crippen molar-refractivity contribution in [2.45, 2.75) is 13.8 Å². The first-order valence-corrected chi connectivity index (χ1v) is 10.1. The molecule has 0 bridgehead atoms. The minimum atomic E-state index is -0.474. The molecule has 0 spiro atoms. The molecule has 0 atom stereocenters. The average molecular weight is 435 g/mol. The Bertz CT molecular complexity index is 1200. The third-order valence-electron chi connectivity index (χ3n) is 5.00. The van der Waals surface area contributed by atoms with Crippen molar-refractivity contribution in [3.63, 3.8) is 0 Å². The van der Waals surface area contributed by atoms with Gasteiger partial charge >= 0.3 is 0 Å². The fraction of sp³-hybridized carbons (Fsp3) is 0.125. The average Bonchev–Trinajstić information content (AvgIpc) is 3.01. The summed E-state index contributed by atoms with van der Waals surface area (Å²) in [5.74, 6) is -0.648. The van der Waals surface area contributed by atoms with Crippen LogP contribution in [0.4, 0.5) is 11.4 Å². The molecule has 7 heteroatoms. The second-order valence-electron chi connectivity index (χ2n) is 7.05. The van der Waals surface area contributed by atoms with Crippen molar-refractivity contribution < 1.29 is 19.1 Å². The molecule has 0 aromatic heterocycles. The van der Waals surface area contributed by atoms with E-state index in [1.54, 1.807) is 42.5 Å². The smallest absolute Gasteiger partial charge is 0.266 e. The zero-order chi connectivity index (χ0) is 22.1. The van der Waals surface area contributed by atoms with Gasteiger partial charge in [0.1, 0.15) is 5.75 Å². The van der Waals surface area contributed by atoms with Gasteiger partial charge < -0.3 is 10.1 Å². The quantitative estimate of drug-likeness (QED) is 0.567. The predicted octanol–water partition coefficient (Wildman–Crippen LogP) is 5.10. The topological polar surface area (TPSA) is 75.7 Å². The molecule has 156 valence electrons. The second kappa shape index (κ2) is 8.24. The summed E-state index contributed by atoms with van der Waals surface area (Å²) in [6.45, 7) is 4.25. The Morgan fingerprint density at radius 3 is 2.39 bits per heavy atom. The summed E-state index contributed by atoms with van der Waals surface area (Å²) in [5, 5.41) is 3.30. The maximum Gasteiger partial charge on any atom is 0.266 e. The standard InChI is InChI=1S/C24H19ClN2O4/c1-3-31-18-9-7-17(8-10-18)27-23(29)19-11-5-15(12-20(19)24(27)30)22(28)26-21-13-16(25)6-4-14(21)2/h4-13H,3H2,1-2H3,(H,26,28). The molecule has 4 rings (SSSR count). The largest absolute Gasteiger partial charge is 0.494 e. The minimum Gasteiger partial charge on any atom is -0.494 e. The number of hydrogen-bond donors (Lipinski definition) is 1. The van der Waals surface area contributed by atoms with Crippen LogP contribution in [0.5, 0.6) is 5.75 Å². The predicted molar refractivity (Wildman–Crippen MR) is 119 cm³/mol. The number of halogens is 1. The highest BCUT2D eigenvalue weighted by Crippen LogP contribution is 2.30. The molecule has 3 amide bonds. The molecule has 0 radical (unpaired) electrons. The van der Waals surface area contributed by atoms with Gasteiger partial charge in [0.05, 0.1) is 23.4 Å². The fourth-order valence-electron chi connectivity index (χ4n) is 3.40. The summed E-state index contributed by atoms with van der Waals surface area (Å²) in [6, 6.07) is 16.4. The van der Waals surface area contributed by atoms with Crippen LogP contribution < -0.4 is 15.0 Å². The third kappa shape index (κ3) is 3.90. The Morgan fingerprint density at radius 1 is 0.968 bits per heavy atom. The van der Waals surface area contributed by atoms with E-state index in [1.165, 1.54) is 18.2 Å². The van der Waals surface area contributed by atoms with Gasteiger partial charge in [-0.3, -0.25) is 14.4 Å². The number of rotatable bonds is 5. The van der Waals surface area contributed by atoms with Crippen molar-refractivity contribution in [2.75, 3.05) is 16.8 Å². The van der Waals surface area contributed by atoms with Crippen LogP contribution in [-0.4, -0.2) is 24.3 Å². The maximum absolute atomic E-state index is 13.0. The Balaban J connectivity index is 1.60. The van der Waals surface area contributed by atoms with Gasteiger partial charge in [0.15, 0.2) is 0 Å². The number of fused-ring (bicyclic) bond motifs is 1. The van der Waals surface area contributed by atoms with E-state index in [9.17, 15) is 14.4 Å². The number of nitrogens with zero attached hydrogens (tertiary/aromatic N) is 1. The van der Waals surface area contributed by atoms with Gasteiger partial charge in [0, 0.05) is 16.3 Å². The highest BCUT2D eigenvalue weighted by molar-refractivity contribution is 6.35. The van der Waals surface area contributed by atoms with Crippen LogP contribution in [0.3, 0.4) is 0 Å².